The molecule has 1 saturated heterocycles. The zero-order chi connectivity index (χ0) is 21.0. The summed E-state index contributed by atoms with van der Waals surface area (Å²) in [6.07, 6.45) is 0.242. The number of tetrazole rings is 1. The maximum Gasteiger partial charge on any atom is 0.416 e. The quantitative estimate of drug-likeness (QED) is 0.718. The largest absolute Gasteiger partial charge is 0.416 e. The average Bonchev–Trinajstić information content (AvgIpc) is 3.10. The molecule has 0 atom stereocenters. The number of piperidine rings is 1. The fraction of sp³-hybridized carbons (Fsp3) is 0.474. The zero-order valence-corrected chi connectivity index (χ0v) is 17.5. The van der Waals surface area contributed by atoms with Crippen molar-refractivity contribution in [2.75, 3.05) is 20.1 Å². The monoisotopic (exact) mass is 444 g/mol. The van der Waals surface area contributed by atoms with Gasteiger partial charge in [-0.2, -0.15) is 18.0 Å². The SMILES string of the molecule is CNC1CCN(C(=O)C=Cc2ccc(C(F)(F)F)cc2Cn2nnc(C)n2)CC1.Cl. The van der Waals surface area contributed by atoms with Crippen molar-refractivity contribution in [3.63, 3.8) is 0 Å². The minimum Gasteiger partial charge on any atom is -0.339 e. The van der Waals surface area contributed by atoms with Crippen LogP contribution in [-0.2, 0) is 17.5 Å². The number of halogens is 4. The van der Waals surface area contributed by atoms with Crippen molar-refractivity contribution in [1.82, 2.24) is 30.4 Å². The molecule has 0 bridgehead atoms. The number of amides is 1. The lowest BCUT2D eigenvalue weighted by atomic mass is 10.0. The number of aromatic nitrogens is 4. The van der Waals surface area contributed by atoms with Gasteiger partial charge in [-0.1, -0.05) is 6.07 Å². The fourth-order valence-corrected chi connectivity index (χ4v) is 3.28. The summed E-state index contributed by atoms with van der Waals surface area (Å²) in [5.41, 5.74) is 0.100. The molecule has 164 valence electrons. The first-order valence-corrected chi connectivity index (χ1v) is 9.35. The Morgan fingerprint density at radius 1 is 1.30 bits per heavy atom. The lowest BCUT2D eigenvalue weighted by molar-refractivity contribution is -0.137. The van der Waals surface area contributed by atoms with Crippen molar-refractivity contribution in [2.24, 2.45) is 0 Å². The lowest BCUT2D eigenvalue weighted by Gasteiger charge is -2.31. The molecule has 0 spiro atoms. The third-order valence-electron chi connectivity index (χ3n) is 4.96. The summed E-state index contributed by atoms with van der Waals surface area (Å²) in [5, 5.41) is 14.8. The molecule has 30 heavy (non-hydrogen) atoms. The van der Waals surface area contributed by atoms with Gasteiger partial charge < -0.3 is 10.2 Å². The molecular formula is C19H24ClF3N6O. The minimum atomic E-state index is -4.46. The van der Waals surface area contributed by atoms with Crippen LogP contribution >= 0.6 is 12.4 Å². The number of likely N-dealkylation sites (tertiary alicyclic amines) is 1. The highest BCUT2D eigenvalue weighted by molar-refractivity contribution is 5.92. The first-order valence-electron chi connectivity index (χ1n) is 9.35. The summed E-state index contributed by atoms with van der Waals surface area (Å²) >= 11 is 0. The van der Waals surface area contributed by atoms with Crippen molar-refractivity contribution in [3.8, 4) is 0 Å². The van der Waals surface area contributed by atoms with Crippen molar-refractivity contribution in [2.45, 2.75) is 38.5 Å². The Bertz CT molecular complexity index is 891. The second-order valence-electron chi connectivity index (χ2n) is 7.00. The van der Waals surface area contributed by atoms with Crippen molar-refractivity contribution in [3.05, 3.63) is 46.8 Å². The predicted molar refractivity (Wildman–Crippen MR) is 108 cm³/mol. The van der Waals surface area contributed by atoms with Gasteiger partial charge in [-0.25, -0.2) is 0 Å². The van der Waals surface area contributed by atoms with Crippen LogP contribution in [0.15, 0.2) is 24.3 Å². The molecule has 1 fully saturated rings. The molecule has 1 aromatic heterocycles. The van der Waals surface area contributed by atoms with Gasteiger partial charge in [0.25, 0.3) is 0 Å². The average molecular weight is 445 g/mol. The standard InChI is InChI=1S/C19H23F3N6O.ClH/c1-13-24-26-28(25-13)12-15-11-16(19(20,21)22)5-3-14(15)4-6-18(29)27-9-7-17(23-2)8-10-27;/h3-6,11,17,23H,7-10,12H2,1-2H3;1H. The molecule has 0 radical (unpaired) electrons. The van der Waals surface area contributed by atoms with Gasteiger partial charge >= 0.3 is 6.18 Å². The summed E-state index contributed by atoms with van der Waals surface area (Å²) in [7, 11) is 1.90. The maximum absolute atomic E-state index is 13.1. The number of nitrogens with zero attached hydrogens (tertiary/aromatic N) is 5. The van der Waals surface area contributed by atoms with Gasteiger partial charge in [-0.15, -0.1) is 22.6 Å². The number of carbonyl (C=O) groups excluding carboxylic acids is 1. The zero-order valence-electron chi connectivity index (χ0n) is 16.7. The summed E-state index contributed by atoms with van der Waals surface area (Å²) in [4.78, 5) is 15.4. The van der Waals surface area contributed by atoms with E-state index >= 15 is 0 Å². The van der Waals surface area contributed by atoms with Crippen LogP contribution in [-0.4, -0.2) is 57.2 Å². The molecular weight excluding hydrogens is 421 g/mol. The normalized spacial score (nSPS) is 15.4. The van der Waals surface area contributed by atoms with Gasteiger partial charge in [0.05, 0.1) is 12.1 Å². The van der Waals surface area contributed by atoms with E-state index < -0.39 is 11.7 Å². The summed E-state index contributed by atoms with van der Waals surface area (Å²) in [6.45, 7) is 2.96. The van der Waals surface area contributed by atoms with Crippen LogP contribution in [0.1, 0.15) is 35.4 Å². The molecule has 1 aliphatic heterocycles. The van der Waals surface area contributed by atoms with Gasteiger partial charge in [0.15, 0.2) is 5.82 Å². The first kappa shape index (κ1) is 23.8. The third-order valence-corrected chi connectivity index (χ3v) is 4.96. The van der Waals surface area contributed by atoms with Gasteiger partial charge in [-0.3, -0.25) is 4.79 Å². The van der Waals surface area contributed by atoms with Gasteiger partial charge in [0, 0.05) is 25.2 Å². The number of aryl methyl sites for hydroxylation is 1. The Kier molecular flexibility index (Phi) is 7.96. The molecule has 1 amide bonds. The molecule has 2 heterocycles. The van der Waals surface area contributed by atoms with Crippen LogP contribution in [0.25, 0.3) is 6.08 Å². The topological polar surface area (TPSA) is 75.9 Å². The summed E-state index contributed by atoms with van der Waals surface area (Å²) < 4.78 is 39.4. The summed E-state index contributed by atoms with van der Waals surface area (Å²) in [6, 6.07) is 3.83. The van der Waals surface area contributed by atoms with E-state index in [-0.39, 0.29) is 24.9 Å². The van der Waals surface area contributed by atoms with E-state index in [0.29, 0.717) is 36.1 Å². The van der Waals surface area contributed by atoms with Crippen LogP contribution < -0.4 is 5.32 Å². The highest BCUT2D eigenvalue weighted by Crippen LogP contribution is 2.31. The molecule has 7 nitrogen and oxygen atoms in total. The molecule has 1 aromatic carbocycles. The fourth-order valence-electron chi connectivity index (χ4n) is 3.28. The highest BCUT2D eigenvalue weighted by Gasteiger charge is 2.31. The molecule has 3 rings (SSSR count). The van der Waals surface area contributed by atoms with E-state index in [0.717, 1.165) is 25.0 Å². The van der Waals surface area contributed by atoms with Gasteiger partial charge in [-0.05, 0) is 61.4 Å². The van der Waals surface area contributed by atoms with E-state index in [1.54, 1.807) is 17.9 Å². The first-order chi connectivity index (χ1) is 13.8. The smallest absolute Gasteiger partial charge is 0.339 e. The molecule has 1 aliphatic rings. The number of rotatable bonds is 5. The Labute approximate surface area is 178 Å². The second-order valence-corrected chi connectivity index (χ2v) is 7.00. The highest BCUT2D eigenvalue weighted by atomic mass is 35.5. The Balaban J connectivity index is 0.00000320. The Hall–Kier alpha value is -2.46. The molecule has 0 saturated carbocycles. The number of hydrogen-bond donors (Lipinski definition) is 1. The second kappa shape index (κ2) is 10.0. The maximum atomic E-state index is 13.1. The van der Waals surface area contributed by atoms with Crippen LogP contribution in [0, 0.1) is 6.92 Å². The Morgan fingerprint density at radius 3 is 2.57 bits per heavy atom. The molecule has 0 unspecified atom stereocenters. The van der Waals surface area contributed by atoms with Crippen LogP contribution in [0.4, 0.5) is 13.2 Å². The van der Waals surface area contributed by atoms with E-state index in [4.69, 9.17) is 0 Å². The number of alkyl halides is 3. The molecule has 2 aromatic rings. The van der Waals surface area contributed by atoms with Crippen molar-refractivity contribution >= 4 is 24.4 Å². The minimum absolute atomic E-state index is 0. The van der Waals surface area contributed by atoms with Crippen LogP contribution in [0.2, 0.25) is 0 Å². The molecule has 0 aliphatic carbocycles. The predicted octanol–water partition coefficient (Wildman–Crippen LogP) is 2.69. The van der Waals surface area contributed by atoms with E-state index in [1.807, 2.05) is 7.05 Å². The van der Waals surface area contributed by atoms with Crippen molar-refractivity contribution in [1.29, 1.82) is 0 Å². The van der Waals surface area contributed by atoms with Crippen LogP contribution in [0.3, 0.4) is 0 Å². The molecule has 11 heteroatoms. The Morgan fingerprint density at radius 2 is 2.00 bits per heavy atom. The number of carbonyl (C=O) groups is 1. The van der Waals surface area contributed by atoms with Crippen LogP contribution in [0.5, 0.6) is 0 Å². The molecule has 1 N–H and O–H groups in total. The number of hydrogen-bond acceptors (Lipinski definition) is 5. The number of benzene rings is 1. The van der Waals surface area contributed by atoms with Crippen molar-refractivity contribution < 1.29 is 18.0 Å². The van der Waals surface area contributed by atoms with Gasteiger partial charge in [0.2, 0.25) is 5.91 Å². The number of nitrogens with one attached hydrogen (secondary N) is 1. The van der Waals surface area contributed by atoms with E-state index in [2.05, 4.69) is 20.7 Å². The van der Waals surface area contributed by atoms with Gasteiger partial charge in [0.1, 0.15) is 0 Å². The summed E-state index contributed by atoms with van der Waals surface area (Å²) in [5.74, 6) is 0.273. The lowest BCUT2D eigenvalue weighted by Crippen LogP contribution is -2.43. The van der Waals surface area contributed by atoms with E-state index in [1.165, 1.54) is 16.9 Å². The third kappa shape index (κ3) is 6.02. The van der Waals surface area contributed by atoms with E-state index in [9.17, 15) is 18.0 Å².